The molecule has 1 saturated heterocycles. The number of aromatic amines is 1. The summed E-state index contributed by atoms with van der Waals surface area (Å²) in [5, 5.41) is 6.62. The van der Waals surface area contributed by atoms with Crippen molar-refractivity contribution in [2.45, 2.75) is 38.1 Å². The predicted octanol–water partition coefficient (Wildman–Crippen LogP) is 0.187. The first kappa shape index (κ1) is 16.4. The van der Waals surface area contributed by atoms with Gasteiger partial charge in [-0.1, -0.05) is 6.92 Å². The van der Waals surface area contributed by atoms with Gasteiger partial charge < -0.3 is 10.6 Å². The third-order valence-corrected chi connectivity index (χ3v) is 5.44. The molecule has 8 heteroatoms. The molecule has 120 valence electrons. The summed E-state index contributed by atoms with van der Waals surface area (Å²) in [6.07, 6.45) is 2.49. The fraction of sp³-hybridized carbons (Fsp3) is 0.769. The van der Waals surface area contributed by atoms with Gasteiger partial charge in [0.25, 0.3) is 0 Å². The Balaban J connectivity index is 1.95. The quantitative estimate of drug-likeness (QED) is 0.666. The van der Waals surface area contributed by atoms with Crippen molar-refractivity contribution < 1.29 is 8.42 Å². The summed E-state index contributed by atoms with van der Waals surface area (Å²) in [5.41, 5.74) is 6.45. The average molecular weight is 315 g/mol. The summed E-state index contributed by atoms with van der Waals surface area (Å²) in [4.78, 5) is 2.58. The molecule has 2 heterocycles. The van der Waals surface area contributed by atoms with Gasteiger partial charge in [0.15, 0.2) is 0 Å². The Morgan fingerprint density at radius 1 is 1.43 bits per heavy atom. The minimum Gasteiger partial charge on any atom is -0.325 e. The Bertz CT molecular complexity index is 563. The maximum atomic E-state index is 12.4. The highest BCUT2D eigenvalue weighted by molar-refractivity contribution is 7.89. The summed E-state index contributed by atoms with van der Waals surface area (Å²) in [6.45, 7) is 7.44. The highest BCUT2D eigenvalue weighted by Gasteiger charge is 2.24. The lowest BCUT2D eigenvalue weighted by Crippen LogP contribution is -2.35. The van der Waals surface area contributed by atoms with E-state index in [1.54, 1.807) is 6.92 Å². The van der Waals surface area contributed by atoms with Crippen LogP contribution < -0.4 is 10.5 Å². The van der Waals surface area contributed by atoms with Gasteiger partial charge in [0.1, 0.15) is 4.90 Å². The lowest BCUT2D eigenvalue weighted by molar-refractivity contribution is 0.288. The fourth-order valence-electron chi connectivity index (χ4n) is 2.76. The van der Waals surface area contributed by atoms with Crippen LogP contribution in [0.1, 0.15) is 31.2 Å². The van der Waals surface area contributed by atoms with E-state index in [9.17, 15) is 8.42 Å². The van der Waals surface area contributed by atoms with Gasteiger partial charge in [0, 0.05) is 19.6 Å². The van der Waals surface area contributed by atoms with Crippen molar-refractivity contribution in [3.8, 4) is 0 Å². The zero-order chi connectivity index (χ0) is 15.5. The normalized spacial score (nSPS) is 18.2. The van der Waals surface area contributed by atoms with Crippen LogP contribution in [-0.2, 0) is 16.6 Å². The standard InChI is InChI=1S/C13H25N5O2S/c1-10(9-18-5-3-4-6-18)8-15-21(19,20)13-11(2)16-17-12(13)7-14/h10,15H,3-9,14H2,1-2H3,(H,16,17). The average Bonchev–Trinajstić information content (AvgIpc) is 3.06. The molecular weight excluding hydrogens is 290 g/mol. The van der Waals surface area contributed by atoms with E-state index >= 15 is 0 Å². The first-order valence-electron chi connectivity index (χ1n) is 7.40. The van der Waals surface area contributed by atoms with Gasteiger partial charge in [-0.15, -0.1) is 0 Å². The van der Waals surface area contributed by atoms with Gasteiger partial charge >= 0.3 is 0 Å². The first-order chi connectivity index (χ1) is 9.94. The molecule has 21 heavy (non-hydrogen) atoms. The second-order valence-electron chi connectivity index (χ2n) is 5.79. The van der Waals surface area contributed by atoms with E-state index in [1.807, 2.05) is 0 Å². The van der Waals surface area contributed by atoms with Crippen molar-refractivity contribution in [3.05, 3.63) is 11.4 Å². The number of nitrogens with two attached hydrogens (primary N) is 1. The Hall–Kier alpha value is -0.960. The molecule has 1 unspecified atom stereocenters. The monoisotopic (exact) mass is 315 g/mol. The molecule has 0 aromatic carbocycles. The molecule has 1 aliphatic heterocycles. The van der Waals surface area contributed by atoms with Crippen molar-refractivity contribution in [1.82, 2.24) is 19.8 Å². The second-order valence-corrected chi connectivity index (χ2v) is 7.50. The molecule has 0 amide bonds. The summed E-state index contributed by atoms with van der Waals surface area (Å²) < 4.78 is 27.5. The summed E-state index contributed by atoms with van der Waals surface area (Å²) in [7, 11) is -3.56. The van der Waals surface area contributed by atoms with E-state index in [-0.39, 0.29) is 17.4 Å². The van der Waals surface area contributed by atoms with Gasteiger partial charge in [0.2, 0.25) is 10.0 Å². The third kappa shape index (κ3) is 4.03. The molecule has 0 bridgehead atoms. The number of nitrogens with one attached hydrogen (secondary N) is 2. The van der Waals surface area contributed by atoms with E-state index in [0.29, 0.717) is 17.9 Å². The van der Waals surface area contributed by atoms with Gasteiger partial charge in [-0.25, -0.2) is 13.1 Å². The zero-order valence-electron chi connectivity index (χ0n) is 12.7. The van der Waals surface area contributed by atoms with E-state index in [0.717, 1.165) is 19.6 Å². The number of aromatic nitrogens is 2. The van der Waals surface area contributed by atoms with Crippen LogP contribution in [0.3, 0.4) is 0 Å². The number of hydrogen-bond acceptors (Lipinski definition) is 5. The van der Waals surface area contributed by atoms with E-state index in [4.69, 9.17) is 5.73 Å². The molecular formula is C13H25N5O2S. The number of rotatable bonds is 7. The Kier molecular flexibility index (Phi) is 5.37. The van der Waals surface area contributed by atoms with Gasteiger partial charge in [-0.2, -0.15) is 5.10 Å². The predicted molar refractivity (Wildman–Crippen MR) is 81.2 cm³/mol. The third-order valence-electron chi connectivity index (χ3n) is 3.81. The van der Waals surface area contributed by atoms with E-state index in [2.05, 4.69) is 26.7 Å². The molecule has 0 saturated carbocycles. The molecule has 4 N–H and O–H groups in total. The van der Waals surface area contributed by atoms with Crippen LogP contribution in [0.4, 0.5) is 0 Å². The molecule has 0 spiro atoms. The fourth-order valence-corrected chi connectivity index (χ4v) is 4.30. The lowest BCUT2D eigenvalue weighted by atomic mass is 10.2. The summed E-state index contributed by atoms with van der Waals surface area (Å²) >= 11 is 0. The minimum absolute atomic E-state index is 0.101. The lowest BCUT2D eigenvalue weighted by Gasteiger charge is -2.20. The van der Waals surface area contributed by atoms with Gasteiger partial charge in [-0.05, 0) is 38.8 Å². The number of nitrogens with zero attached hydrogens (tertiary/aromatic N) is 2. The number of hydrogen-bond donors (Lipinski definition) is 3. The SMILES string of the molecule is Cc1[nH]nc(CN)c1S(=O)(=O)NCC(C)CN1CCCC1. The molecule has 1 aromatic heterocycles. The molecule has 1 aliphatic rings. The first-order valence-corrected chi connectivity index (χ1v) is 8.88. The maximum Gasteiger partial charge on any atom is 0.244 e. The van der Waals surface area contributed by atoms with Gasteiger partial charge in [0.05, 0.1) is 11.4 Å². The van der Waals surface area contributed by atoms with Crippen molar-refractivity contribution in [3.63, 3.8) is 0 Å². The highest BCUT2D eigenvalue weighted by atomic mass is 32.2. The Morgan fingerprint density at radius 3 is 2.71 bits per heavy atom. The molecule has 0 aliphatic carbocycles. The van der Waals surface area contributed by atoms with Crippen molar-refractivity contribution in [2.24, 2.45) is 11.7 Å². The van der Waals surface area contributed by atoms with Gasteiger partial charge in [-0.3, -0.25) is 5.10 Å². The largest absolute Gasteiger partial charge is 0.325 e. The summed E-state index contributed by atoms with van der Waals surface area (Å²) in [5.74, 6) is 0.270. The zero-order valence-corrected chi connectivity index (χ0v) is 13.5. The number of sulfonamides is 1. The van der Waals surface area contributed by atoms with Crippen LogP contribution in [0, 0.1) is 12.8 Å². The van der Waals surface area contributed by atoms with E-state index < -0.39 is 10.0 Å². The van der Waals surface area contributed by atoms with Crippen LogP contribution in [0.25, 0.3) is 0 Å². The van der Waals surface area contributed by atoms with E-state index in [1.165, 1.54) is 12.8 Å². The Morgan fingerprint density at radius 2 is 2.10 bits per heavy atom. The van der Waals surface area contributed by atoms with Crippen molar-refractivity contribution >= 4 is 10.0 Å². The number of likely N-dealkylation sites (tertiary alicyclic amines) is 1. The Labute approximate surface area is 126 Å². The van der Waals surface area contributed by atoms with Crippen molar-refractivity contribution in [1.29, 1.82) is 0 Å². The molecule has 1 aromatic rings. The molecule has 7 nitrogen and oxygen atoms in total. The molecule has 0 radical (unpaired) electrons. The van der Waals surface area contributed by atoms with Crippen LogP contribution in [0.5, 0.6) is 0 Å². The van der Waals surface area contributed by atoms with Crippen LogP contribution >= 0.6 is 0 Å². The number of H-pyrrole nitrogens is 1. The van der Waals surface area contributed by atoms with Crippen LogP contribution in [-0.4, -0.2) is 49.7 Å². The minimum atomic E-state index is -3.56. The topological polar surface area (TPSA) is 104 Å². The van der Waals surface area contributed by atoms with Crippen LogP contribution in [0.2, 0.25) is 0 Å². The molecule has 2 rings (SSSR count). The highest BCUT2D eigenvalue weighted by Crippen LogP contribution is 2.17. The summed E-state index contributed by atoms with van der Waals surface area (Å²) in [6, 6.07) is 0. The smallest absolute Gasteiger partial charge is 0.244 e. The number of aryl methyl sites for hydroxylation is 1. The van der Waals surface area contributed by atoms with Crippen LogP contribution in [0.15, 0.2) is 4.90 Å². The molecule has 1 atom stereocenters. The molecule has 1 fully saturated rings. The van der Waals surface area contributed by atoms with Crippen molar-refractivity contribution in [2.75, 3.05) is 26.2 Å². The second kappa shape index (κ2) is 6.87. The maximum absolute atomic E-state index is 12.4.